The molecule has 0 fully saturated rings. The number of carbonyl (C=O) groups excluding carboxylic acids is 1. The van der Waals surface area contributed by atoms with Gasteiger partial charge in [-0.15, -0.1) is 10.2 Å². The molecule has 5 nitrogen and oxygen atoms in total. The first-order valence-electron chi connectivity index (χ1n) is 6.29. The molecule has 0 radical (unpaired) electrons. The molecule has 0 bridgehead atoms. The first kappa shape index (κ1) is 13.9. The van der Waals surface area contributed by atoms with Gasteiger partial charge in [-0.25, -0.2) is 8.78 Å². The minimum atomic E-state index is -0.892. The molecule has 1 aromatic heterocycles. The molecule has 1 N–H and O–H groups in total. The second kappa shape index (κ2) is 5.72. The number of hydrogen-bond donors (Lipinski definition) is 1. The molecule has 110 valence electrons. The van der Waals surface area contributed by atoms with Crippen LogP contribution in [0.3, 0.4) is 0 Å². The second-order valence-corrected chi connectivity index (χ2v) is 4.36. The maximum absolute atomic E-state index is 13.5. The van der Waals surface area contributed by atoms with Crippen LogP contribution in [-0.2, 0) is 0 Å². The lowest BCUT2D eigenvalue weighted by Gasteiger charge is -2.03. The maximum atomic E-state index is 13.5. The van der Waals surface area contributed by atoms with E-state index in [0.717, 1.165) is 12.1 Å². The van der Waals surface area contributed by atoms with E-state index < -0.39 is 17.5 Å². The van der Waals surface area contributed by atoms with Gasteiger partial charge in [0.1, 0.15) is 11.6 Å². The number of amides is 1. The van der Waals surface area contributed by atoms with Gasteiger partial charge in [0.2, 0.25) is 5.89 Å². The molecule has 22 heavy (non-hydrogen) atoms. The Hall–Kier alpha value is -3.09. The summed E-state index contributed by atoms with van der Waals surface area (Å²) >= 11 is 0. The zero-order valence-corrected chi connectivity index (χ0v) is 11.1. The number of carbonyl (C=O) groups is 1. The Morgan fingerprint density at radius 1 is 1.05 bits per heavy atom. The van der Waals surface area contributed by atoms with Crippen LogP contribution in [-0.4, -0.2) is 16.1 Å². The van der Waals surface area contributed by atoms with E-state index in [2.05, 4.69) is 15.5 Å². The van der Waals surface area contributed by atoms with E-state index in [1.165, 1.54) is 0 Å². The van der Waals surface area contributed by atoms with Gasteiger partial charge in [0.25, 0.3) is 0 Å². The highest BCUT2D eigenvalue weighted by atomic mass is 19.1. The van der Waals surface area contributed by atoms with E-state index in [1.54, 1.807) is 24.3 Å². The molecule has 0 spiro atoms. The number of aromatic nitrogens is 2. The molecular weight excluding hydrogens is 292 g/mol. The van der Waals surface area contributed by atoms with Crippen LogP contribution in [0.2, 0.25) is 0 Å². The number of nitrogens with zero attached hydrogens (tertiary/aromatic N) is 2. The molecule has 0 aliphatic carbocycles. The first-order chi connectivity index (χ1) is 10.6. The third kappa shape index (κ3) is 2.83. The summed E-state index contributed by atoms with van der Waals surface area (Å²) in [5.74, 6) is -2.55. The topological polar surface area (TPSA) is 68.0 Å². The summed E-state index contributed by atoms with van der Waals surface area (Å²) in [4.78, 5) is 11.9. The number of rotatable bonds is 3. The number of halogens is 2. The monoisotopic (exact) mass is 301 g/mol. The van der Waals surface area contributed by atoms with Gasteiger partial charge in [-0.2, -0.15) is 0 Å². The van der Waals surface area contributed by atoms with Crippen molar-refractivity contribution in [3.05, 3.63) is 66.1 Å². The Bertz CT molecular complexity index is 819. The summed E-state index contributed by atoms with van der Waals surface area (Å²) in [6, 6.07) is 11.7. The predicted molar refractivity (Wildman–Crippen MR) is 74.0 cm³/mol. The summed E-state index contributed by atoms with van der Waals surface area (Å²) in [7, 11) is 0. The van der Waals surface area contributed by atoms with Gasteiger partial charge in [0, 0.05) is 11.6 Å². The van der Waals surface area contributed by atoms with Crippen molar-refractivity contribution in [3.63, 3.8) is 0 Å². The lowest BCUT2D eigenvalue weighted by atomic mass is 10.2. The molecule has 0 aliphatic heterocycles. The second-order valence-electron chi connectivity index (χ2n) is 4.36. The van der Waals surface area contributed by atoms with Gasteiger partial charge in [0.15, 0.2) is 0 Å². The molecule has 0 atom stereocenters. The Kier molecular flexibility index (Phi) is 3.61. The van der Waals surface area contributed by atoms with E-state index in [0.29, 0.717) is 11.6 Å². The highest BCUT2D eigenvalue weighted by Crippen LogP contribution is 2.19. The number of hydrogen-bond acceptors (Lipinski definition) is 4. The van der Waals surface area contributed by atoms with E-state index >= 15 is 0 Å². The van der Waals surface area contributed by atoms with Gasteiger partial charge < -0.3 is 9.73 Å². The fraction of sp³-hybridized carbons (Fsp3) is 0. The summed E-state index contributed by atoms with van der Waals surface area (Å²) < 4.78 is 31.5. The molecule has 1 heterocycles. The standard InChI is InChI=1S/C15H9F2N3O2/c16-10-6-7-12(11(17)8-10)18-13(21)15-20-19-14(22-15)9-4-2-1-3-5-9/h1-8H,(H,18,21). The van der Waals surface area contributed by atoms with Crippen LogP contribution < -0.4 is 5.32 Å². The average molecular weight is 301 g/mol. The van der Waals surface area contributed by atoms with E-state index in [1.807, 2.05) is 6.07 Å². The zero-order valence-electron chi connectivity index (χ0n) is 11.1. The van der Waals surface area contributed by atoms with Crippen molar-refractivity contribution in [2.45, 2.75) is 0 Å². The molecule has 0 unspecified atom stereocenters. The molecule has 0 saturated carbocycles. The Morgan fingerprint density at radius 3 is 2.55 bits per heavy atom. The Morgan fingerprint density at radius 2 is 1.82 bits per heavy atom. The minimum Gasteiger partial charge on any atom is -0.412 e. The van der Waals surface area contributed by atoms with Crippen molar-refractivity contribution < 1.29 is 18.0 Å². The van der Waals surface area contributed by atoms with Crippen molar-refractivity contribution in [3.8, 4) is 11.5 Å². The SMILES string of the molecule is O=C(Nc1ccc(F)cc1F)c1nnc(-c2ccccc2)o1. The Labute approximate surface area is 123 Å². The van der Waals surface area contributed by atoms with Crippen LogP contribution in [0.4, 0.5) is 14.5 Å². The molecule has 3 aromatic rings. The van der Waals surface area contributed by atoms with Crippen LogP contribution in [0.25, 0.3) is 11.5 Å². The number of anilines is 1. The molecule has 2 aromatic carbocycles. The normalized spacial score (nSPS) is 10.5. The van der Waals surface area contributed by atoms with E-state index in [-0.39, 0.29) is 17.5 Å². The smallest absolute Gasteiger partial charge is 0.313 e. The van der Waals surface area contributed by atoms with Gasteiger partial charge in [-0.1, -0.05) is 18.2 Å². The van der Waals surface area contributed by atoms with Crippen molar-refractivity contribution in [1.82, 2.24) is 10.2 Å². The fourth-order valence-electron chi connectivity index (χ4n) is 1.78. The van der Waals surface area contributed by atoms with Crippen molar-refractivity contribution >= 4 is 11.6 Å². The average Bonchev–Trinajstić information content (AvgIpc) is 3.01. The molecular formula is C15H9F2N3O2. The van der Waals surface area contributed by atoms with Crippen LogP contribution in [0.5, 0.6) is 0 Å². The lowest BCUT2D eigenvalue weighted by molar-refractivity contribution is 0.0990. The first-order valence-corrected chi connectivity index (χ1v) is 6.29. The maximum Gasteiger partial charge on any atom is 0.313 e. The largest absolute Gasteiger partial charge is 0.412 e. The quantitative estimate of drug-likeness (QED) is 0.806. The van der Waals surface area contributed by atoms with Crippen LogP contribution >= 0.6 is 0 Å². The third-order valence-electron chi connectivity index (χ3n) is 2.82. The zero-order chi connectivity index (χ0) is 15.5. The van der Waals surface area contributed by atoms with Gasteiger partial charge >= 0.3 is 11.8 Å². The molecule has 0 aliphatic rings. The Balaban J connectivity index is 1.80. The van der Waals surface area contributed by atoms with Gasteiger partial charge in [-0.05, 0) is 24.3 Å². The molecule has 0 saturated heterocycles. The highest BCUT2D eigenvalue weighted by Gasteiger charge is 2.17. The summed E-state index contributed by atoms with van der Waals surface area (Å²) in [5, 5.41) is 9.61. The predicted octanol–water partition coefficient (Wildman–Crippen LogP) is 3.27. The van der Waals surface area contributed by atoms with Gasteiger partial charge in [0.05, 0.1) is 5.69 Å². The van der Waals surface area contributed by atoms with E-state index in [4.69, 9.17) is 4.42 Å². The number of nitrogens with one attached hydrogen (secondary N) is 1. The summed E-state index contributed by atoms with van der Waals surface area (Å²) in [5.41, 5.74) is 0.480. The third-order valence-corrected chi connectivity index (χ3v) is 2.82. The van der Waals surface area contributed by atoms with Crippen LogP contribution in [0, 0.1) is 11.6 Å². The lowest BCUT2D eigenvalue weighted by Crippen LogP contribution is -2.13. The van der Waals surface area contributed by atoms with Crippen LogP contribution in [0.15, 0.2) is 52.9 Å². The van der Waals surface area contributed by atoms with Crippen molar-refractivity contribution in [1.29, 1.82) is 0 Å². The minimum absolute atomic E-state index is 0.172. The fourth-order valence-corrected chi connectivity index (χ4v) is 1.78. The summed E-state index contributed by atoms with van der Waals surface area (Å²) in [6.45, 7) is 0. The summed E-state index contributed by atoms with van der Waals surface area (Å²) in [6.07, 6.45) is 0. The molecule has 1 amide bonds. The van der Waals surface area contributed by atoms with Gasteiger partial charge in [-0.3, -0.25) is 4.79 Å². The van der Waals surface area contributed by atoms with Crippen molar-refractivity contribution in [2.75, 3.05) is 5.32 Å². The highest BCUT2D eigenvalue weighted by molar-refractivity contribution is 6.01. The van der Waals surface area contributed by atoms with Crippen molar-refractivity contribution in [2.24, 2.45) is 0 Å². The number of benzene rings is 2. The molecule has 3 rings (SSSR count). The van der Waals surface area contributed by atoms with E-state index in [9.17, 15) is 13.6 Å². The molecule has 7 heteroatoms. The van der Waals surface area contributed by atoms with Crippen LogP contribution in [0.1, 0.15) is 10.7 Å².